The van der Waals surface area contributed by atoms with E-state index in [0.29, 0.717) is 12.4 Å². The molecule has 0 spiro atoms. The molecule has 1 aromatic heterocycles. The molecule has 1 aromatic carbocycles. The fraction of sp³-hybridized carbons (Fsp3) is 0.353. The quantitative estimate of drug-likeness (QED) is 0.853. The van der Waals surface area contributed by atoms with Gasteiger partial charge in [0.15, 0.2) is 24.1 Å². The number of rotatable bonds is 5. The molecule has 2 aromatic rings. The molecule has 6 nitrogen and oxygen atoms in total. The molecule has 2 atom stereocenters. The first-order chi connectivity index (χ1) is 11.1. The molecule has 3 rings (SSSR count). The molecule has 0 fully saturated rings. The molecule has 0 radical (unpaired) electrons. The molecule has 2 heterocycles. The molecule has 1 unspecified atom stereocenters. The van der Waals surface area contributed by atoms with E-state index in [1.165, 1.54) is 0 Å². The van der Waals surface area contributed by atoms with Crippen LogP contribution >= 0.6 is 0 Å². The number of aromatic nitrogens is 2. The topological polar surface area (TPSA) is 61.4 Å². The molecule has 1 aliphatic heterocycles. The number of hydrogen-bond acceptors (Lipinski definition) is 6. The van der Waals surface area contributed by atoms with Crippen molar-refractivity contribution in [1.82, 2.24) is 14.9 Å². The molecule has 0 saturated carbocycles. The Morgan fingerprint density at radius 3 is 2.74 bits per heavy atom. The third-order valence-electron chi connectivity index (χ3n) is 3.94. The zero-order valence-electron chi connectivity index (χ0n) is 13.6. The molecule has 1 N–H and O–H groups in total. The summed E-state index contributed by atoms with van der Waals surface area (Å²) in [6.45, 7) is 2.78. The van der Waals surface area contributed by atoms with Crippen LogP contribution in [-0.2, 0) is 11.3 Å². The van der Waals surface area contributed by atoms with E-state index in [0.717, 1.165) is 23.4 Å². The van der Waals surface area contributed by atoms with E-state index >= 15 is 0 Å². The van der Waals surface area contributed by atoms with Crippen LogP contribution in [0.3, 0.4) is 0 Å². The summed E-state index contributed by atoms with van der Waals surface area (Å²) in [7, 11) is 3.98. The highest BCUT2D eigenvalue weighted by Crippen LogP contribution is 2.36. The number of aldehydes is 1. The Kier molecular flexibility index (Phi) is 4.25. The van der Waals surface area contributed by atoms with Crippen molar-refractivity contribution >= 4 is 17.9 Å². The van der Waals surface area contributed by atoms with E-state index in [2.05, 4.69) is 29.4 Å². The first kappa shape index (κ1) is 15.4. The van der Waals surface area contributed by atoms with Gasteiger partial charge in [0.1, 0.15) is 0 Å². The maximum absolute atomic E-state index is 11.5. The van der Waals surface area contributed by atoms with E-state index in [4.69, 9.17) is 4.98 Å². The lowest BCUT2D eigenvalue weighted by Crippen LogP contribution is -2.39. The minimum Gasteiger partial charge on any atom is -0.341 e. The predicted molar refractivity (Wildman–Crippen MR) is 90.2 cm³/mol. The van der Waals surface area contributed by atoms with E-state index in [1.807, 2.05) is 42.1 Å². The Morgan fingerprint density at radius 2 is 2.09 bits per heavy atom. The lowest BCUT2D eigenvalue weighted by Gasteiger charge is -2.29. The number of benzene rings is 1. The summed E-state index contributed by atoms with van der Waals surface area (Å²) in [5.41, 5.74) is 2.01. The second-order valence-electron chi connectivity index (χ2n) is 5.99. The van der Waals surface area contributed by atoms with Gasteiger partial charge in [0.25, 0.3) is 0 Å². The minimum atomic E-state index is -0.449. The lowest BCUT2D eigenvalue weighted by atomic mass is 10.1. The molecular formula is C17H21N5O. The van der Waals surface area contributed by atoms with Gasteiger partial charge in [0, 0.05) is 6.54 Å². The van der Waals surface area contributed by atoms with Crippen molar-refractivity contribution in [2.45, 2.75) is 25.7 Å². The third-order valence-corrected chi connectivity index (χ3v) is 3.94. The average Bonchev–Trinajstić information content (AvgIpc) is 2.92. The zero-order chi connectivity index (χ0) is 16.4. The molecule has 1 aliphatic rings. The van der Waals surface area contributed by atoms with Crippen LogP contribution < -0.4 is 10.2 Å². The molecular weight excluding hydrogens is 290 g/mol. The summed E-state index contributed by atoms with van der Waals surface area (Å²) >= 11 is 0. The first-order valence-electron chi connectivity index (χ1n) is 7.66. The first-order valence-corrected chi connectivity index (χ1v) is 7.66. The van der Waals surface area contributed by atoms with Gasteiger partial charge in [-0.3, -0.25) is 4.79 Å². The van der Waals surface area contributed by atoms with Crippen LogP contribution in [0.15, 0.2) is 36.5 Å². The van der Waals surface area contributed by atoms with Gasteiger partial charge in [-0.05, 0) is 26.6 Å². The Labute approximate surface area is 136 Å². The van der Waals surface area contributed by atoms with Crippen molar-refractivity contribution in [3.63, 3.8) is 0 Å². The number of fused-ring (bicyclic) bond motifs is 1. The van der Waals surface area contributed by atoms with Gasteiger partial charge >= 0.3 is 0 Å². The average molecular weight is 311 g/mol. The van der Waals surface area contributed by atoms with Gasteiger partial charge in [-0.15, -0.1) is 0 Å². The zero-order valence-corrected chi connectivity index (χ0v) is 13.6. The largest absolute Gasteiger partial charge is 0.341 e. The number of anilines is 2. The highest BCUT2D eigenvalue weighted by Gasteiger charge is 2.35. The number of carbonyl (C=O) groups is 1. The van der Waals surface area contributed by atoms with Gasteiger partial charge in [-0.25, -0.2) is 9.97 Å². The fourth-order valence-electron chi connectivity index (χ4n) is 2.85. The van der Waals surface area contributed by atoms with Crippen LogP contribution in [0, 0.1) is 0 Å². The maximum atomic E-state index is 11.5. The van der Waals surface area contributed by atoms with E-state index in [9.17, 15) is 4.79 Å². The van der Waals surface area contributed by atoms with Crippen molar-refractivity contribution in [3.8, 4) is 0 Å². The highest BCUT2D eigenvalue weighted by molar-refractivity contribution is 5.80. The van der Waals surface area contributed by atoms with Crippen molar-refractivity contribution in [1.29, 1.82) is 0 Å². The fourth-order valence-corrected chi connectivity index (χ4v) is 2.85. The van der Waals surface area contributed by atoms with E-state index < -0.39 is 6.17 Å². The monoisotopic (exact) mass is 311 g/mol. The molecule has 0 bridgehead atoms. The van der Waals surface area contributed by atoms with E-state index in [1.54, 1.807) is 6.20 Å². The van der Waals surface area contributed by atoms with Crippen LogP contribution in [0.25, 0.3) is 0 Å². The van der Waals surface area contributed by atoms with Crippen molar-refractivity contribution in [3.05, 3.63) is 47.8 Å². The maximum Gasteiger partial charge on any atom is 0.174 e. The van der Waals surface area contributed by atoms with Crippen LogP contribution in [0.2, 0.25) is 0 Å². The molecule has 23 heavy (non-hydrogen) atoms. The Hall–Kier alpha value is -2.47. The third kappa shape index (κ3) is 3.03. The molecule has 0 amide bonds. The SMILES string of the molecule is CC(c1ccccc1)N1c2nc(CN(C)C)cnc2N[C@@H]1C=O. The van der Waals surface area contributed by atoms with Gasteiger partial charge in [-0.2, -0.15) is 0 Å². The van der Waals surface area contributed by atoms with Crippen LogP contribution in [0.4, 0.5) is 11.6 Å². The number of hydrogen-bond donors (Lipinski definition) is 1. The molecule has 120 valence electrons. The highest BCUT2D eigenvalue weighted by atomic mass is 16.1. The Morgan fingerprint density at radius 1 is 1.35 bits per heavy atom. The van der Waals surface area contributed by atoms with Gasteiger partial charge in [0.05, 0.1) is 17.9 Å². The summed E-state index contributed by atoms with van der Waals surface area (Å²) < 4.78 is 0. The summed E-state index contributed by atoms with van der Waals surface area (Å²) in [5.74, 6) is 1.39. The summed E-state index contributed by atoms with van der Waals surface area (Å²) in [6, 6.07) is 10.1. The summed E-state index contributed by atoms with van der Waals surface area (Å²) in [4.78, 5) is 24.7. The minimum absolute atomic E-state index is 0.0176. The van der Waals surface area contributed by atoms with E-state index in [-0.39, 0.29) is 6.04 Å². The normalized spacial score (nSPS) is 17.7. The standard InChI is InChI=1S/C17H21N5O/c1-12(13-7-5-4-6-8-13)22-15(11-23)20-16-17(22)19-14(9-18-16)10-21(2)3/h4-9,11-12,15H,10H2,1-3H3,(H,18,20)/t12?,15-/m0/s1. The Balaban J connectivity index is 1.98. The second-order valence-corrected chi connectivity index (χ2v) is 5.99. The molecule has 0 aliphatic carbocycles. The smallest absolute Gasteiger partial charge is 0.174 e. The molecule has 0 saturated heterocycles. The molecule has 6 heteroatoms. The van der Waals surface area contributed by atoms with Crippen molar-refractivity contribution in [2.75, 3.05) is 24.3 Å². The Bertz CT molecular complexity index is 689. The lowest BCUT2D eigenvalue weighted by molar-refractivity contribution is -0.108. The van der Waals surface area contributed by atoms with Gasteiger partial charge in [-0.1, -0.05) is 30.3 Å². The van der Waals surface area contributed by atoms with Gasteiger partial charge in [0.2, 0.25) is 0 Å². The number of nitrogens with one attached hydrogen (secondary N) is 1. The van der Waals surface area contributed by atoms with Crippen LogP contribution in [0.5, 0.6) is 0 Å². The number of carbonyl (C=O) groups excluding carboxylic acids is 1. The predicted octanol–water partition coefficient (Wildman–Crippen LogP) is 2.06. The summed E-state index contributed by atoms with van der Waals surface area (Å²) in [5, 5.41) is 3.14. The van der Waals surface area contributed by atoms with Crippen molar-refractivity contribution in [2.24, 2.45) is 0 Å². The van der Waals surface area contributed by atoms with Crippen LogP contribution in [0.1, 0.15) is 24.2 Å². The van der Waals surface area contributed by atoms with Gasteiger partial charge < -0.3 is 15.1 Å². The number of nitrogens with zero attached hydrogens (tertiary/aromatic N) is 4. The van der Waals surface area contributed by atoms with Crippen LogP contribution in [-0.4, -0.2) is 41.4 Å². The summed E-state index contributed by atoms with van der Waals surface area (Å²) in [6.07, 6.45) is 2.20. The second kappa shape index (κ2) is 6.34. The van der Waals surface area contributed by atoms with Crippen molar-refractivity contribution < 1.29 is 4.79 Å².